The smallest absolute Gasteiger partial charge is 0.205 e. The normalized spacial score (nSPS) is 10.3. The van der Waals surface area contributed by atoms with Crippen molar-refractivity contribution in [3.63, 3.8) is 0 Å². The average Bonchev–Trinajstić information content (AvgIpc) is 2.79. The molecular formula is C14H9ClN4. The number of nitrogens with zero attached hydrogens (tertiary/aromatic N) is 2. The van der Waals surface area contributed by atoms with Gasteiger partial charge in [-0.3, -0.25) is 0 Å². The molecule has 0 aliphatic heterocycles. The van der Waals surface area contributed by atoms with E-state index < -0.39 is 0 Å². The Labute approximate surface area is 114 Å². The van der Waals surface area contributed by atoms with Gasteiger partial charge >= 0.3 is 0 Å². The SMILES string of the molecule is N#Cc1ccc2nc(Nc3cccc(Cl)c3)[nH]c2c1. The number of H-pyrrole nitrogens is 1. The van der Waals surface area contributed by atoms with Crippen LogP contribution in [-0.4, -0.2) is 9.97 Å². The highest BCUT2D eigenvalue weighted by molar-refractivity contribution is 6.30. The van der Waals surface area contributed by atoms with Gasteiger partial charge in [0.15, 0.2) is 0 Å². The topological polar surface area (TPSA) is 64.5 Å². The van der Waals surface area contributed by atoms with E-state index in [1.54, 1.807) is 12.1 Å². The monoisotopic (exact) mass is 268 g/mol. The van der Waals surface area contributed by atoms with Crippen LogP contribution in [0.3, 0.4) is 0 Å². The summed E-state index contributed by atoms with van der Waals surface area (Å²) in [5.41, 5.74) is 3.09. The first-order valence-corrected chi connectivity index (χ1v) is 6.05. The third kappa shape index (κ3) is 2.37. The molecule has 0 atom stereocenters. The molecule has 0 amide bonds. The van der Waals surface area contributed by atoms with Gasteiger partial charge in [-0.2, -0.15) is 5.26 Å². The standard InChI is InChI=1S/C14H9ClN4/c15-10-2-1-3-11(7-10)17-14-18-12-5-4-9(8-16)6-13(12)19-14/h1-7H,(H2,17,18,19). The first-order chi connectivity index (χ1) is 9.24. The highest BCUT2D eigenvalue weighted by Gasteiger charge is 2.04. The number of aromatic nitrogens is 2. The molecule has 1 heterocycles. The Morgan fingerprint density at radius 1 is 1.21 bits per heavy atom. The van der Waals surface area contributed by atoms with Gasteiger partial charge in [0.05, 0.1) is 22.7 Å². The molecule has 0 saturated carbocycles. The molecule has 19 heavy (non-hydrogen) atoms. The van der Waals surface area contributed by atoms with Gasteiger partial charge in [-0.1, -0.05) is 17.7 Å². The maximum Gasteiger partial charge on any atom is 0.205 e. The zero-order chi connectivity index (χ0) is 13.2. The molecule has 0 aliphatic rings. The van der Waals surface area contributed by atoms with Gasteiger partial charge in [-0.15, -0.1) is 0 Å². The number of hydrogen-bond acceptors (Lipinski definition) is 3. The van der Waals surface area contributed by atoms with Crippen LogP contribution >= 0.6 is 11.6 Å². The van der Waals surface area contributed by atoms with E-state index in [1.165, 1.54) is 0 Å². The molecule has 0 saturated heterocycles. The maximum atomic E-state index is 8.86. The molecule has 0 bridgehead atoms. The molecule has 4 nitrogen and oxygen atoms in total. The van der Waals surface area contributed by atoms with Gasteiger partial charge in [0.2, 0.25) is 5.95 Å². The summed E-state index contributed by atoms with van der Waals surface area (Å²) in [4.78, 5) is 7.52. The van der Waals surface area contributed by atoms with Crippen LogP contribution in [-0.2, 0) is 0 Å². The number of nitriles is 1. The fraction of sp³-hybridized carbons (Fsp3) is 0. The first kappa shape index (κ1) is 11.6. The van der Waals surface area contributed by atoms with Crippen LogP contribution in [0.25, 0.3) is 11.0 Å². The Morgan fingerprint density at radius 3 is 2.89 bits per heavy atom. The Hall–Kier alpha value is -2.51. The molecule has 2 aromatic carbocycles. The largest absolute Gasteiger partial charge is 0.326 e. The van der Waals surface area contributed by atoms with E-state index >= 15 is 0 Å². The van der Waals surface area contributed by atoms with Crippen molar-refractivity contribution in [2.75, 3.05) is 5.32 Å². The minimum atomic E-state index is 0.602. The second-order valence-electron chi connectivity index (χ2n) is 4.06. The highest BCUT2D eigenvalue weighted by atomic mass is 35.5. The number of nitrogens with one attached hydrogen (secondary N) is 2. The van der Waals surface area contributed by atoms with Crippen LogP contribution in [0.1, 0.15) is 5.56 Å². The molecular weight excluding hydrogens is 260 g/mol. The van der Waals surface area contributed by atoms with Crippen molar-refractivity contribution in [1.82, 2.24) is 9.97 Å². The molecule has 0 spiro atoms. The molecule has 3 rings (SSSR count). The molecule has 0 aliphatic carbocycles. The fourth-order valence-electron chi connectivity index (χ4n) is 1.84. The van der Waals surface area contributed by atoms with E-state index in [0.717, 1.165) is 16.7 Å². The van der Waals surface area contributed by atoms with Crippen LogP contribution in [0, 0.1) is 11.3 Å². The minimum absolute atomic E-state index is 0.602. The van der Waals surface area contributed by atoms with Gasteiger partial charge in [0, 0.05) is 10.7 Å². The van der Waals surface area contributed by atoms with Gasteiger partial charge in [-0.25, -0.2) is 4.98 Å². The third-order valence-electron chi connectivity index (χ3n) is 2.70. The average molecular weight is 269 g/mol. The molecule has 2 N–H and O–H groups in total. The Balaban J connectivity index is 1.96. The van der Waals surface area contributed by atoms with Crippen molar-refractivity contribution < 1.29 is 0 Å². The van der Waals surface area contributed by atoms with Crippen molar-refractivity contribution in [2.45, 2.75) is 0 Å². The van der Waals surface area contributed by atoms with Crippen molar-refractivity contribution in [3.8, 4) is 6.07 Å². The van der Waals surface area contributed by atoms with Gasteiger partial charge in [-0.05, 0) is 36.4 Å². The van der Waals surface area contributed by atoms with Crippen LogP contribution in [0.2, 0.25) is 5.02 Å². The van der Waals surface area contributed by atoms with Gasteiger partial charge in [0.1, 0.15) is 0 Å². The van der Waals surface area contributed by atoms with Gasteiger partial charge in [0.25, 0.3) is 0 Å². The zero-order valence-corrected chi connectivity index (χ0v) is 10.6. The van der Waals surface area contributed by atoms with E-state index in [-0.39, 0.29) is 0 Å². The summed E-state index contributed by atoms with van der Waals surface area (Å²) >= 11 is 5.92. The number of halogens is 1. The summed E-state index contributed by atoms with van der Waals surface area (Å²) < 4.78 is 0. The summed E-state index contributed by atoms with van der Waals surface area (Å²) in [5.74, 6) is 0.618. The van der Waals surface area contributed by atoms with Crippen LogP contribution in [0.15, 0.2) is 42.5 Å². The Morgan fingerprint density at radius 2 is 2.11 bits per heavy atom. The third-order valence-corrected chi connectivity index (χ3v) is 2.93. The number of aromatic amines is 1. The van der Waals surface area contributed by atoms with Crippen molar-refractivity contribution in [3.05, 3.63) is 53.1 Å². The number of imidazole rings is 1. The van der Waals surface area contributed by atoms with E-state index in [0.29, 0.717) is 16.5 Å². The van der Waals surface area contributed by atoms with Crippen molar-refractivity contribution >= 4 is 34.3 Å². The highest BCUT2D eigenvalue weighted by Crippen LogP contribution is 2.21. The lowest BCUT2D eigenvalue weighted by Gasteiger charge is -2.02. The number of fused-ring (bicyclic) bond motifs is 1. The van der Waals surface area contributed by atoms with Crippen LogP contribution in [0.5, 0.6) is 0 Å². The molecule has 0 fully saturated rings. The predicted octanol–water partition coefficient (Wildman–Crippen LogP) is 3.83. The number of anilines is 2. The number of hydrogen-bond donors (Lipinski definition) is 2. The zero-order valence-electron chi connectivity index (χ0n) is 9.81. The lowest BCUT2D eigenvalue weighted by atomic mass is 10.2. The van der Waals surface area contributed by atoms with E-state index in [2.05, 4.69) is 21.4 Å². The van der Waals surface area contributed by atoms with Crippen molar-refractivity contribution in [2.24, 2.45) is 0 Å². The molecule has 92 valence electrons. The Bertz CT molecular complexity index is 785. The first-order valence-electron chi connectivity index (χ1n) is 5.67. The number of benzene rings is 2. The predicted molar refractivity (Wildman–Crippen MR) is 75.5 cm³/mol. The van der Waals surface area contributed by atoms with Crippen molar-refractivity contribution in [1.29, 1.82) is 5.26 Å². The second-order valence-corrected chi connectivity index (χ2v) is 4.50. The van der Waals surface area contributed by atoms with Crippen LogP contribution in [0.4, 0.5) is 11.6 Å². The quantitative estimate of drug-likeness (QED) is 0.742. The Kier molecular flexibility index (Phi) is 2.82. The van der Waals surface area contributed by atoms with Gasteiger partial charge < -0.3 is 10.3 Å². The molecule has 0 unspecified atom stereocenters. The minimum Gasteiger partial charge on any atom is -0.326 e. The molecule has 0 radical (unpaired) electrons. The van der Waals surface area contributed by atoms with E-state index in [1.807, 2.05) is 30.3 Å². The fourth-order valence-corrected chi connectivity index (χ4v) is 2.03. The lowest BCUT2D eigenvalue weighted by Crippen LogP contribution is -1.91. The summed E-state index contributed by atoms with van der Waals surface area (Å²) in [6.45, 7) is 0. The summed E-state index contributed by atoms with van der Waals surface area (Å²) in [7, 11) is 0. The molecule has 5 heteroatoms. The number of rotatable bonds is 2. The van der Waals surface area contributed by atoms with E-state index in [4.69, 9.17) is 16.9 Å². The molecule has 1 aromatic heterocycles. The summed E-state index contributed by atoms with van der Waals surface area (Å²) in [6.07, 6.45) is 0. The summed E-state index contributed by atoms with van der Waals surface area (Å²) in [5, 5.41) is 12.7. The summed E-state index contributed by atoms with van der Waals surface area (Å²) in [6, 6.07) is 14.8. The van der Waals surface area contributed by atoms with E-state index in [9.17, 15) is 0 Å². The van der Waals surface area contributed by atoms with Crippen LogP contribution < -0.4 is 5.32 Å². The maximum absolute atomic E-state index is 8.86. The molecule has 3 aromatic rings. The lowest BCUT2D eigenvalue weighted by molar-refractivity contribution is 1.31. The second kappa shape index (κ2) is 4.63.